The Morgan fingerprint density at radius 1 is 1.15 bits per heavy atom. The van der Waals surface area contributed by atoms with Crippen LogP contribution in [0.15, 0.2) is 70.5 Å². The summed E-state index contributed by atoms with van der Waals surface area (Å²) in [5.74, 6) is -0.392. The number of carbonyl (C=O) groups excluding carboxylic acids is 1. The molecule has 164 valence electrons. The lowest BCUT2D eigenvalue weighted by Crippen LogP contribution is -2.21. The summed E-state index contributed by atoms with van der Waals surface area (Å²) in [6.07, 6.45) is 3.37. The van der Waals surface area contributed by atoms with E-state index >= 15 is 0 Å². The molecule has 0 saturated carbocycles. The number of nitrogens with zero attached hydrogens (tertiary/aromatic N) is 6. The maximum Gasteiger partial charge on any atom is 0.293 e. The van der Waals surface area contributed by atoms with Crippen molar-refractivity contribution in [2.24, 2.45) is 5.10 Å². The van der Waals surface area contributed by atoms with E-state index in [-0.39, 0.29) is 23.9 Å². The number of amides is 1. The number of nitrogens with two attached hydrogens (primary N) is 1. The second-order valence-corrected chi connectivity index (χ2v) is 6.98. The fourth-order valence-corrected chi connectivity index (χ4v) is 3.30. The van der Waals surface area contributed by atoms with Crippen LogP contribution in [0.3, 0.4) is 0 Å². The molecule has 0 fully saturated rings. The van der Waals surface area contributed by atoms with E-state index in [2.05, 4.69) is 46.1 Å². The van der Waals surface area contributed by atoms with Crippen LogP contribution in [-0.4, -0.2) is 42.4 Å². The molecule has 0 radical (unpaired) electrons. The number of anilines is 2. The summed E-state index contributed by atoms with van der Waals surface area (Å²) < 4.78 is 5.97. The van der Waals surface area contributed by atoms with E-state index < -0.39 is 5.91 Å². The fourth-order valence-electron chi connectivity index (χ4n) is 3.30. The first-order chi connectivity index (χ1) is 16.2. The van der Waals surface area contributed by atoms with Gasteiger partial charge in [0.15, 0.2) is 5.69 Å². The van der Waals surface area contributed by atoms with Gasteiger partial charge in [-0.3, -0.25) is 4.79 Å². The van der Waals surface area contributed by atoms with Crippen molar-refractivity contribution in [1.29, 1.82) is 0 Å². The van der Waals surface area contributed by atoms with Crippen LogP contribution in [0.1, 0.15) is 21.7 Å². The van der Waals surface area contributed by atoms with E-state index in [0.29, 0.717) is 5.69 Å². The van der Waals surface area contributed by atoms with Gasteiger partial charge in [0, 0.05) is 28.4 Å². The van der Waals surface area contributed by atoms with Crippen molar-refractivity contribution < 1.29 is 9.42 Å². The number of hydrogen-bond donors (Lipinski definition) is 4. The average Bonchev–Trinajstić information content (AvgIpc) is 3.56. The van der Waals surface area contributed by atoms with E-state index in [1.807, 2.05) is 60.8 Å². The van der Waals surface area contributed by atoms with Crippen LogP contribution < -0.4 is 16.5 Å². The summed E-state index contributed by atoms with van der Waals surface area (Å²) in [6.45, 7) is 0.207. The maximum absolute atomic E-state index is 12.9. The van der Waals surface area contributed by atoms with Crippen LogP contribution in [0.2, 0.25) is 0 Å². The molecule has 0 spiro atoms. The van der Waals surface area contributed by atoms with E-state index in [0.717, 1.165) is 22.2 Å². The van der Waals surface area contributed by atoms with Crippen molar-refractivity contribution in [3.05, 3.63) is 77.7 Å². The topological polar surface area (TPSA) is 165 Å². The Morgan fingerprint density at radius 3 is 2.79 bits per heavy atom. The van der Waals surface area contributed by atoms with Crippen LogP contribution in [-0.2, 0) is 6.54 Å². The number of nitrogens with one attached hydrogen (secondary N) is 3. The first kappa shape index (κ1) is 19.9. The maximum atomic E-state index is 12.9. The molecule has 0 unspecified atom stereocenters. The molecule has 12 heteroatoms. The van der Waals surface area contributed by atoms with Gasteiger partial charge in [0.05, 0.1) is 18.5 Å². The lowest BCUT2D eigenvalue weighted by Gasteiger charge is -2.08. The van der Waals surface area contributed by atoms with Crippen molar-refractivity contribution in [2.45, 2.75) is 6.54 Å². The van der Waals surface area contributed by atoms with E-state index in [1.165, 1.54) is 4.68 Å². The van der Waals surface area contributed by atoms with Gasteiger partial charge in [-0.15, -0.1) is 5.10 Å². The number of hydrazone groups is 1. The number of aromatic amines is 1. The molecule has 1 amide bonds. The number of aromatic nitrogens is 6. The van der Waals surface area contributed by atoms with Gasteiger partial charge in [-0.05, 0) is 28.5 Å². The Bertz CT molecular complexity index is 1430. The summed E-state index contributed by atoms with van der Waals surface area (Å²) in [5, 5.41) is 23.6. The lowest BCUT2D eigenvalue weighted by atomic mass is 10.2. The highest BCUT2D eigenvalue weighted by atomic mass is 16.6. The Morgan fingerprint density at radius 2 is 1.97 bits per heavy atom. The molecule has 0 aliphatic carbocycles. The number of H-pyrrole nitrogens is 1. The average molecular weight is 442 g/mol. The summed E-state index contributed by atoms with van der Waals surface area (Å²) in [5.41, 5.74) is 11.4. The number of benzene rings is 2. The van der Waals surface area contributed by atoms with Crippen molar-refractivity contribution >= 4 is 34.5 Å². The molecule has 12 nitrogen and oxygen atoms in total. The normalized spacial score (nSPS) is 11.3. The number of rotatable bonds is 7. The predicted octanol–water partition coefficient (Wildman–Crippen LogP) is 2.09. The first-order valence-electron chi connectivity index (χ1n) is 9.92. The molecule has 3 heterocycles. The van der Waals surface area contributed by atoms with Gasteiger partial charge in [-0.2, -0.15) is 9.78 Å². The summed E-state index contributed by atoms with van der Waals surface area (Å²) >= 11 is 0. The molecular formula is C21H18N10O2. The zero-order valence-electron chi connectivity index (χ0n) is 17.1. The summed E-state index contributed by atoms with van der Waals surface area (Å²) in [4.78, 5) is 16.0. The van der Waals surface area contributed by atoms with Crippen molar-refractivity contribution in [1.82, 2.24) is 35.7 Å². The summed E-state index contributed by atoms with van der Waals surface area (Å²) in [7, 11) is 0. The number of para-hydroxylation sites is 2. The summed E-state index contributed by atoms with van der Waals surface area (Å²) in [6, 6.07) is 17.3. The zero-order chi connectivity index (χ0) is 22.6. The number of hydrogen-bond acceptors (Lipinski definition) is 9. The molecular weight excluding hydrogens is 424 g/mol. The molecule has 0 aliphatic heterocycles. The van der Waals surface area contributed by atoms with E-state index in [9.17, 15) is 4.79 Å². The van der Waals surface area contributed by atoms with Crippen LogP contribution in [0, 0.1) is 0 Å². The highest BCUT2D eigenvalue weighted by molar-refractivity contribution is 6.00. The molecule has 0 saturated heterocycles. The third-order valence-electron chi connectivity index (χ3n) is 4.90. The second-order valence-electron chi connectivity index (χ2n) is 6.98. The molecule has 0 atom stereocenters. The number of carbonyl (C=O) groups is 1. The Hall–Kier alpha value is -5.00. The Balaban J connectivity index is 1.39. The minimum Gasteiger partial charge on any atom is -0.379 e. The van der Waals surface area contributed by atoms with Gasteiger partial charge in [0.1, 0.15) is 0 Å². The molecule has 0 bridgehead atoms. The first-order valence-corrected chi connectivity index (χ1v) is 9.92. The van der Waals surface area contributed by atoms with Crippen molar-refractivity contribution in [2.75, 3.05) is 11.1 Å². The molecule has 5 N–H and O–H groups in total. The SMILES string of the molecule is Nc1nonc1-n1nnc(C(=O)N/N=C\c2c[nH]c3ccccc23)c1CNc1ccccc1. The molecule has 2 aromatic carbocycles. The monoisotopic (exact) mass is 442 g/mol. The van der Waals surface area contributed by atoms with Crippen LogP contribution in [0.25, 0.3) is 16.7 Å². The minimum absolute atomic E-state index is 0.0187. The van der Waals surface area contributed by atoms with Crippen molar-refractivity contribution in [3.8, 4) is 5.82 Å². The molecule has 0 aliphatic rings. The Labute approximate surface area is 186 Å². The number of fused-ring (bicyclic) bond motifs is 1. The van der Waals surface area contributed by atoms with Gasteiger partial charge in [0.2, 0.25) is 11.6 Å². The van der Waals surface area contributed by atoms with Crippen LogP contribution in [0.4, 0.5) is 11.5 Å². The molecule has 5 aromatic rings. The smallest absolute Gasteiger partial charge is 0.293 e. The lowest BCUT2D eigenvalue weighted by molar-refractivity contribution is 0.0949. The standard InChI is InChI=1S/C21H18N10O2/c22-19-20(29-33-28-19)31-17(12-23-14-6-2-1-3-7-14)18(26-30-31)21(32)27-25-11-13-10-24-16-9-5-4-8-15(13)16/h1-11,23-24H,12H2,(H2,22,28)(H,27,32)/b25-11-. The van der Waals surface area contributed by atoms with Gasteiger partial charge >= 0.3 is 0 Å². The quantitative estimate of drug-likeness (QED) is 0.220. The molecule has 3 aromatic heterocycles. The Kier molecular flexibility index (Phi) is 5.21. The van der Waals surface area contributed by atoms with Gasteiger partial charge in [-0.25, -0.2) is 10.1 Å². The number of nitrogen functional groups attached to an aromatic ring is 1. The van der Waals surface area contributed by atoms with Crippen LogP contribution in [0.5, 0.6) is 0 Å². The predicted molar refractivity (Wildman–Crippen MR) is 121 cm³/mol. The van der Waals surface area contributed by atoms with Gasteiger partial charge in [0.25, 0.3) is 5.91 Å². The van der Waals surface area contributed by atoms with Gasteiger partial charge < -0.3 is 16.0 Å². The highest BCUT2D eigenvalue weighted by Gasteiger charge is 2.23. The van der Waals surface area contributed by atoms with E-state index in [4.69, 9.17) is 5.73 Å². The molecule has 5 rings (SSSR count). The fraction of sp³-hybridized carbons (Fsp3) is 0.0476. The third kappa shape index (κ3) is 3.99. The molecule has 33 heavy (non-hydrogen) atoms. The van der Waals surface area contributed by atoms with E-state index in [1.54, 1.807) is 6.21 Å². The third-order valence-corrected chi connectivity index (χ3v) is 4.90. The zero-order valence-corrected chi connectivity index (χ0v) is 17.1. The largest absolute Gasteiger partial charge is 0.379 e. The van der Waals surface area contributed by atoms with Crippen molar-refractivity contribution in [3.63, 3.8) is 0 Å². The minimum atomic E-state index is -0.544. The second kappa shape index (κ2) is 8.63. The van der Waals surface area contributed by atoms with Gasteiger partial charge in [-0.1, -0.05) is 41.6 Å². The highest BCUT2D eigenvalue weighted by Crippen LogP contribution is 2.18. The van der Waals surface area contributed by atoms with Crippen LogP contribution >= 0.6 is 0 Å².